The Morgan fingerprint density at radius 1 is 1.43 bits per heavy atom. The molecule has 0 aromatic heterocycles. The van der Waals surface area contributed by atoms with Crippen molar-refractivity contribution in [1.29, 1.82) is 0 Å². The third-order valence-electron chi connectivity index (χ3n) is 3.48. The molecule has 1 heterocycles. The highest BCUT2D eigenvalue weighted by Crippen LogP contribution is 2.22. The minimum Gasteiger partial charge on any atom is -0.300 e. The van der Waals surface area contributed by atoms with Crippen LogP contribution in [-0.4, -0.2) is 29.8 Å². The summed E-state index contributed by atoms with van der Waals surface area (Å²) >= 11 is 0. The Morgan fingerprint density at radius 2 is 2.14 bits per heavy atom. The minimum atomic E-state index is 0.322. The molecule has 0 aromatic rings. The second-order valence-electron chi connectivity index (χ2n) is 4.70. The lowest BCUT2D eigenvalue weighted by molar-refractivity contribution is -0.117. The van der Waals surface area contributed by atoms with Crippen LogP contribution >= 0.6 is 0 Å². The molecular formula is C12H23NO. The summed E-state index contributed by atoms with van der Waals surface area (Å²) in [5.74, 6) is 1.14. The maximum Gasteiger partial charge on any atom is 0.129 e. The van der Waals surface area contributed by atoms with Crippen molar-refractivity contribution in [1.82, 2.24) is 4.90 Å². The van der Waals surface area contributed by atoms with Crippen LogP contribution in [0.25, 0.3) is 0 Å². The van der Waals surface area contributed by atoms with E-state index in [0.29, 0.717) is 11.8 Å². The Morgan fingerprint density at radius 3 is 2.79 bits per heavy atom. The van der Waals surface area contributed by atoms with Gasteiger partial charge in [0.05, 0.1) is 0 Å². The number of ketones is 1. The Hall–Kier alpha value is -0.370. The Balaban J connectivity index is 2.25. The summed E-state index contributed by atoms with van der Waals surface area (Å²) in [5.41, 5.74) is 0. The summed E-state index contributed by atoms with van der Waals surface area (Å²) in [4.78, 5) is 13.4. The zero-order valence-electron chi connectivity index (χ0n) is 9.75. The molecule has 0 amide bonds. The van der Waals surface area contributed by atoms with E-state index in [1.54, 1.807) is 6.92 Å². The van der Waals surface area contributed by atoms with Crippen LogP contribution in [0.4, 0.5) is 0 Å². The molecule has 0 spiro atoms. The fourth-order valence-corrected chi connectivity index (χ4v) is 2.27. The number of likely N-dealkylation sites (tertiary alicyclic amines) is 1. The third-order valence-corrected chi connectivity index (χ3v) is 3.48. The van der Waals surface area contributed by atoms with Gasteiger partial charge in [-0.2, -0.15) is 0 Å². The maximum absolute atomic E-state index is 10.8. The summed E-state index contributed by atoms with van der Waals surface area (Å²) in [6, 6.07) is 0.704. The van der Waals surface area contributed by atoms with Gasteiger partial charge in [-0.15, -0.1) is 0 Å². The minimum absolute atomic E-state index is 0.322. The lowest BCUT2D eigenvalue weighted by atomic mass is 9.92. The highest BCUT2D eigenvalue weighted by atomic mass is 16.1. The molecule has 2 nitrogen and oxygen atoms in total. The van der Waals surface area contributed by atoms with Crippen molar-refractivity contribution in [3.05, 3.63) is 0 Å². The zero-order chi connectivity index (χ0) is 10.6. The molecule has 0 saturated carbocycles. The van der Waals surface area contributed by atoms with Crippen LogP contribution in [0, 0.1) is 5.92 Å². The average molecular weight is 197 g/mol. The fraction of sp³-hybridized carbons (Fsp3) is 0.917. The molecule has 1 fully saturated rings. The summed E-state index contributed by atoms with van der Waals surface area (Å²) in [7, 11) is 0. The van der Waals surface area contributed by atoms with E-state index < -0.39 is 0 Å². The van der Waals surface area contributed by atoms with Gasteiger partial charge in [-0.1, -0.05) is 6.92 Å². The molecule has 2 atom stereocenters. The summed E-state index contributed by atoms with van der Waals surface area (Å²) in [6.07, 6.45) is 4.47. The normalized spacial score (nSPS) is 29.1. The van der Waals surface area contributed by atoms with Crippen molar-refractivity contribution in [3.63, 3.8) is 0 Å². The molecule has 14 heavy (non-hydrogen) atoms. The first kappa shape index (κ1) is 11.7. The maximum atomic E-state index is 10.8. The average Bonchev–Trinajstić information content (AvgIpc) is 2.12. The summed E-state index contributed by atoms with van der Waals surface area (Å²) in [6.45, 7) is 8.66. The molecule has 0 aromatic carbocycles. The number of Topliss-reactive ketones (excluding diaryl/α,β-unsaturated/α-hetero) is 1. The fourth-order valence-electron chi connectivity index (χ4n) is 2.27. The first-order valence-corrected chi connectivity index (χ1v) is 5.84. The second kappa shape index (κ2) is 5.50. The zero-order valence-corrected chi connectivity index (χ0v) is 9.75. The number of nitrogens with zero attached hydrogens (tertiary/aromatic N) is 1. The molecule has 0 bridgehead atoms. The van der Waals surface area contributed by atoms with Crippen molar-refractivity contribution < 1.29 is 4.79 Å². The van der Waals surface area contributed by atoms with Crippen molar-refractivity contribution >= 4 is 5.78 Å². The monoisotopic (exact) mass is 197 g/mol. The van der Waals surface area contributed by atoms with Gasteiger partial charge >= 0.3 is 0 Å². The van der Waals surface area contributed by atoms with Crippen LogP contribution in [0.3, 0.4) is 0 Å². The van der Waals surface area contributed by atoms with Crippen LogP contribution in [0.5, 0.6) is 0 Å². The lowest BCUT2D eigenvalue weighted by Crippen LogP contribution is -2.42. The molecule has 82 valence electrons. The van der Waals surface area contributed by atoms with Gasteiger partial charge in [-0.25, -0.2) is 0 Å². The quantitative estimate of drug-likeness (QED) is 0.690. The van der Waals surface area contributed by atoms with E-state index in [1.807, 2.05) is 0 Å². The summed E-state index contributed by atoms with van der Waals surface area (Å²) < 4.78 is 0. The van der Waals surface area contributed by atoms with Gasteiger partial charge in [0.15, 0.2) is 0 Å². The van der Waals surface area contributed by atoms with Crippen LogP contribution < -0.4 is 0 Å². The predicted molar refractivity (Wildman–Crippen MR) is 59.3 cm³/mol. The molecule has 0 N–H and O–H groups in total. The molecular weight excluding hydrogens is 174 g/mol. The summed E-state index contributed by atoms with van der Waals surface area (Å²) in [5, 5.41) is 0. The largest absolute Gasteiger partial charge is 0.300 e. The molecule has 0 aliphatic carbocycles. The topological polar surface area (TPSA) is 20.3 Å². The predicted octanol–water partition coefficient (Wildman–Crippen LogP) is 2.48. The molecule has 2 heteroatoms. The number of carbonyl (C=O) groups excluding carboxylic acids is 1. The highest BCUT2D eigenvalue weighted by Gasteiger charge is 2.23. The first-order chi connectivity index (χ1) is 6.61. The van der Waals surface area contributed by atoms with Gasteiger partial charge in [0.25, 0.3) is 0 Å². The van der Waals surface area contributed by atoms with E-state index in [2.05, 4.69) is 18.7 Å². The van der Waals surface area contributed by atoms with Crippen molar-refractivity contribution in [2.75, 3.05) is 13.1 Å². The van der Waals surface area contributed by atoms with Gasteiger partial charge in [0.2, 0.25) is 0 Å². The SMILES string of the molecule is CC(=O)CCCN1CCCC(C)C1C. The van der Waals surface area contributed by atoms with Crippen molar-refractivity contribution in [2.45, 2.75) is 52.5 Å². The van der Waals surface area contributed by atoms with Gasteiger partial charge in [-0.05, 0) is 52.1 Å². The number of hydrogen-bond donors (Lipinski definition) is 0. The van der Waals surface area contributed by atoms with E-state index in [0.717, 1.165) is 25.3 Å². The molecule has 1 aliphatic rings. The molecule has 0 radical (unpaired) electrons. The number of rotatable bonds is 4. The van der Waals surface area contributed by atoms with E-state index in [1.165, 1.54) is 19.4 Å². The van der Waals surface area contributed by atoms with Crippen LogP contribution in [0.15, 0.2) is 0 Å². The van der Waals surface area contributed by atoms with E-state index in [9.17, 15) is 4.79 Å². The molecule has 1 saturated heterocycles. The first-order valence-electron chi connectivity index (χ1n) is 5.84. The van der Waals surface area contributed by atoms with E-state index in [4.69, 9.17) is 0 Å². The lowest BCUT2D eigenvalue weighted by Gasteiger charge is -2.37. The number of piperidine rings is 1. The van der Waals surface area contributed by atoms with Gasteiger partial charge < -0.3 is 9.69 Å². The standard InChI is InChI=1S/C12H23NO/c1-10-6-4-8-13(12(10)3)9-5-7-11(2)14/h10,12H,4-9H2,1-3H3. The number of carbonyl (C=O) groups is 1. The Bertz CT molecular complexity index is 191. The Kier molecular flexibility index (Phi) is 4.59. The smallest absolute Gasteiger partial charge is 0.129 e. The van der Waals surface area contributed by atoms with Gasteiger partial charge in [0, 0.05) is 12.5 Å². The van der Waals surface area contributed by atoms with Crippen LogP contribution in [0.2, 0.25) is 0 Å². The Labute approximate surface area is 87.7 Å². The van der Waals surface area contributed by atoms with Crippen LogP contribution in [0.1, 0.15) is 46.5 Å². The highest BCUT2D eigenvalue weighted by molar-refractivity contribution is 5.75. The molecule has 1 aliphatic heterocycles. The van der Waals surface area contributed by atoms with E-state index >= 15 is 0 Å². The molecule has 2 unspecified atom stereocenters. The van der Waals surface area contributed by atoms with Crippen molar-refractivity contribution in [2.24, 2.45) is 5.92 Å². The van der Waals surface area contributed by atoms with Crippen LogP contribution in [-0.2, 0) is 4.79 Å². The second-order valence-corrected chi connectivity index (χ2v) is 4.70. The number of hydrogen-bond acceptors (Lipinski definition) is 2. The third kappa shape index (κ3) is 3.41. The van der Waals surface area contributed by atoms with Gasteiger partial charge in [-0.3, -0.25) is 0 Å². The van der Waals surface area contributed by atoms with E-state index in [-0.39, 0.29) is 0 Å². The van der Waals surface area contributed by atoms with Crippen molar-refractivity contribution in [3.8, 4) is 0 Å². The molecule has 1 rings (SSSR count). The van der Waals surface area contributed by atoms with Gasteiger partial charge in [0.1, 0.15) is 5.78 Å².